The highest BCUT2D eigenvalue weighted by molar-refractivity contribution is 7.10. The molecule has 126 valence electrons. The number of nitrogens with zero attached hydrogens (tertiary/aromatic N) is 1. The molecule has 1 aliphatic rings. The van der Waals surface area contributed by atoms with Gasteiger partial charge in [-0.05, 0) is 54.6 Å². The van der Waals surface area contributed by atoms with Crippen LogP contribution in [0.2, 0.25) is 0 Å². The second kappa shape index (κ2) is 7.15. The summed E-state index contributed by atoms with van der Waals surface area (Å²) in [7, 11) is 1.58. The van der Waals surface area contributed by atoms with Gasteiger partial charge in [0.25, 0.3) is 5.91 Å². The van der Waals surface area contributed by atoms with Crippen LogP contribution in [0.3, 0.4) is 0 Å². The molecule has 1 unspecified atom stereocenters. The van der Waals surface area contributed by atoms with Crippen LogP contribution in [0, 0.1) is 6.92 Å². The molecule has 2 amide bonds. The summed E-state index contributed by atoms with van der Waals surface area (Å²) in [6.45, 7) is 2.77. The first-order valence-corrected chi connectivity index (χ1v) is 8.75. The van der Waals surface area contributed by atoms with E-state index in [-0.39, 0.29) is 18.2 Å². The van der Waals surface area contributed by atoms with Crippen LogP contribution in [0.4, 0.5) is 5.69 Å². The molecule has 5 nitrogen and oxygen atoms in total. The van der Waals surface area contributed by atoms with Crippen molar-refractivity contribution in [3.63, 3.8) is 0 Å². The van der Waals surface area contributed by atoms with Gasteiger partial charge in [-0.3, -0.25) is 9.59 Å². The number of ether oxygens (including phenoxy) is 1. The average molecular weight is 344 g/mol. The number of imide groups is 1. The second-order valence-corrected chi connectivity index (χ2v) is 6.75. The van der Waals surface area contributed by atoms with Crippen molar-refractivity contribution < 1.29 is 14.3 Å². The smallest absolute Gasteiger partial charge is 0.251 e. The van der Waals surface area contributed by atoms with Gasteiger partial charge < -0.3 is 10.1 Å². The Hall–Kier alpha value is -2.18. The zero-order valence-electron chi connectivity index (χ0n) is 13.7. The normalized spacial score (nSPS) is 17.6. The van der Waals surface area contributed by atoms with E-state index in [9.17, 15) is 9.59 Å². The summed E-state index contributed by atoms with van der Waals surface area (Å²) in [5.74, 6) is 0.335. The lowest BCUT2D eigenvalue weighted by Crippen LogP contribution is -2.39. The van der Waals surface area contributed by atoms with Gasteiger partial charge in [-0.25, -0.2) is 4.90 Å². The number of aryl methyl sites for hydroxylation is 1. The minimum Gasteiger partial charge on any atom is -0.497 e. The van der Waals surface area contributed by atoms with Gasteiger partial charge in [0.15, 0.2) is 0 Å². The van der Waals surface area contributed by atoms with Gasteiger partial charge in [0.05, 0.1) is 25.3 Å². The number of hydrogen-bond acceptors (Lipinski definition) is 5. The van der Waals surface area contributed by atoms with E-state index in [4.69, 9.17) is 4.74 Å². The summed E-state index contributed by atoms with van der Waals surface area (Å²) in [4.78, 5) is 27.3. The van der Waals surface area contributed by atoms with Crippen molar-refractivity contribution in [2.24, 2.45) is 0 Å². The van der Waals surface area contributed by atoms with Crippen LogP contribution in [0.5, 0.6) is 5.75 Å². The molecule has 1 aromatic heterocycles. The molecule has 0 bridgehead atoms. The summed E-state index contributed by atoms with van der Waals surface area (Å²) in [5, 5.41) is 5.29. The van der Waals surface area contributed by atoms with Crippen molar-refractivity contribution in [2.45, 2.75) is 25.8 Å². The van der Waals surface area contributed by atoms with Crippen LogP contribution in [-0.2, 0) is 16.0 Å². The van der Waals surface area contributed by atoms with E-state index in [1.807, 2.05) is 0 Å². The van der Waals surface area contributed by atoms with Gasteiger partial charge in [-0.2, -0.15) is 0 Å². The predicted octanol–water partition coefficient (Wildman–Crippen LogP) is 2.53. The predicted molar refractivity (Wildman–Crippen MR) is 94.7 cm³/mol. The van der Waals surface area contributed by atoms with Crippen molar-refractivity contribution in [1.82, 2.24) is 5.32 Å². The molecule has 2 aromatic rings. The van der Waals surface area contributed by atoms with Crippen molar-refractivity contribution in [3.8, 4) is 5.75 Å². The maximum Gasteiger partial charge on any atom is 0.251 e. The monoisotopic (exact) mass is 344 g/mol. The third kappa shape index (κ3) is 3.34. The molecule has 3 rings (SSSR count). The molecular weight excluding hydrogens is 324 g/mol. The Morgan fingerprint density at radius 3 is 2.62 bits per heavy atom. The number of amides is 2. The minimum absolute atomic E-state index is 0.171. The fourth-order valence-corrected chi connectivity index (χ4v) is 3.72. The number of thiophene rings is 1. The Kier molecular flexibility index (Phi) is 4.97. The lowest BCUT2D eigenvalue weighted by molar-refractivity contribution is -0.121. The Bertz CT molecular complexity index is 739. The molecule has 1 atom stereocenters. The van der Waals surface area contributed by atoms with E-state index < -0.39 is 6.04 Å². The Morgan fingerprint density at radius 1 is 1.25 bits per heavy atom. The molecule has 1 fully saturated rings. The summed E-state index contributed by atoms with van der Waals surface area (Å²) in [5.41, 5.74) is 1.86. The van der Waals surface area contributed by atoms with E-state index in [0.717, 1.165) is 6.42 Å². The lowest BCUT2D eigenvalue weighted by Gasteiger charge is -2.16. The third-order valence-corrected chi connectivity index (χ3v) is 5.27. The third-order valence-electron chi connectivity index (χ3n) is 4.19. The van der Waals surface area contributed by atoms with Crippen LogP contribution >= 0.6 is 11.3 Å². The molecule has 0 saturated carbocycles. The Labute approximate surface area is 145 Å². The molecule has 1 saturated heterocycles. The quantitative estimate of drug-likeness (QED) is 0.818. The van der Waals surface area contributed by atoms with Crippen LogP contribution in [0.15, 0.2) is 35.7 Å². The minimum atomic E-state index is -0.445. The SMILES string of the molecule is COc1ccc(N2C(=O)CC(NCCc3sccc3C)C2=O)cc1. The van der Waals surface area contributed by atoms with E-state index in [1.165, 1.54) is 15.3 Å². The van der Waals surface area contributed by atoms with Crippen molar-refractivity contribution in [2.75, 3.05) is 18.6 Å². The van der Waals surface area contributed by atoms with Crippen molar-refractivity contribution in [3.05, 3.63) is 46.2 Å². The number of hydrogen-bond donors (Lipinski definition) is 1. The maximum absolute atomic E-state index is 12.5. The molecule has 1 N–H and O–H groups in total. The highest BCUT2D eigenvalue weighted by Crippen LogP contribution is 2.25. The van der Waals surface area contributed by atoms with Gasteiger partial charge in [0.1, 0.15) is 5.75 Å². The van der Waals surface area contributed by atoms with E-state index >= 15 is 0 Å². The Morgan fingerprint density at radius 2 is 2.00 bits per heavy atom. The van der Waals surface area contributed by atoms with Gasteiger partial charge in [-0.15, -0.1) is 11.3 Å². The van der Waals surface area contributed by atoms with Crippen LogP contribution in [-0.4, -0.2) is 31.5 Å². The first kappa shape index (κ1) is 16.7. The molecular formula is C18H20N2O3S. The Balaban J connectivity index is 1.62. The fourth-order valence-electron chi connectivity index (χ4n) is 2.81. The second-order valence-electron chi connectivity index (χ2n) is 5.75. The lowest BCUT2D eigenvalue weighted by atomic mass is 10.2. The van der Waals surface area contributed by atoms with Crippen LogP contribution < -0.4 is 15.0 Å². The first-order chi connectivity index (χ1) is 11.6. The fraction of sp³-hybridized carbons (Fsp3) is 0.333. The first-order valence-electron chi connectivity index (χ1n) is 7.87. The van der Waals surface area contributed by atoms with Crippen molar-refractivity contribution in [1.29, 1.82) is 0 Å². The van der Waals surface area contributed by atoms with Gasteiger partial charge in [0.2, 0.25) is 5.91 Å². The topological polar surface area (TPSA) is 58.6 Å². The number of carbonyl (C=O) groups excluding carboxylic acids is 2. The summed E-state index contributed by atoms with van der Waals surface area (Å²) in [6, 6.07) is 8.60. The van der Waals surface area contributed by atoms with Crippen LogP contribution in [0.1, 0.15) is 16.9 Å². The average Bonchev–Trinajstić information content (AvgIpc) is 3.11. The number of rotatable bonds is 6. The van der Waals surface area contributed by atoms with Gasteiger partial charge >= 0.3 is 0 Å². The van der Waals surface area contributed by atoms with Gasteiger partial charge in [-0.1, -0.05) is 0 Å². The highest BCUT2D eigenvalue weighted by Gasteiger charge is 2.39. The van der Waals surface area contributed by atoms with Crippen molar-refractivity contribution >= 4 is 28.8 Å². The van der Waals surface area contributed by atoms with E-state index in [1.54, 1.807) is 42.7 Å². The zero-order chi connectivity index (χ0) is 17.1. The summed E-state index contributed by atoms with van der Waals surface area (Å²) < 4.78 is 5.11. The zero-order valence-corrected chi connectivity index (χ0v) is 14.6. The summed E-state index contributed by atoms with van der Waals surface area (Å²) >= 11 is 1.72. The molecule has 24 heavy (non-hydrogen) atoms. The number of nitrogens with one attached hydrogen (secondary N) is 1. The standard InChI is InChI=1S/C18H20N2O3S/c1-12-8-10-24-16(12)7-9-19-15-11-17(21)20(18(15)22)13-3-5-14(23-2)6-4-13/h3-6,8,10,15,19H,7,9,11H2,1-2H3. The number of benzene rings is 1. The number of methoxy groups -OCH3 is 1. The molecule has 6 heteroatoms. The largest absolute Gasteiger partial charge is 0.497 e. The molecule has 0 aliphatic carbocycles. The number of carbonyl (C=O) groups is 2. The highest BCUT2D eigenvalue weighted by atomic mass is 32.1. The maximum atomic E-state index is 12.5. The summed E-state index contributed by atoms with van der Waals surface area (Å²) in [6.07, 6.45) is 1.07. The molecule has 1 aromatic carbocycles. The molecule has 2 heterocycles. The van der Waals surface area contributed by atoms with Gasteiger partial charge in [0, 0.05) is 11.4 Å². The van der Waals surface area contributed by atoms with E-state index in [0.29, 0.717) is 18.0 Å². The van der Waals surface area contributed by atoms with E-state index in [2.05, 4.69) is 23.7 Å². The number of anilines is 1. The molecule has 1 aliphatic heterocycles. The molecule has 0 radical (unpaired) electrons. The molecule has 0 spiro atoms. The van der Waals surface area contributed by atoms with Crippen LogP contribution in [0.25, 0.3) is 0 Å².